The maximum Gasteiger partial charge on any atom is 0.306 e. The van der Waals surface area contributed by atoms with Gasteiger partial charge in [-0.2, -0.15) is 4.58 Å². The van der Waals surface area contributed by atoms with Crippen LogP contribution in [0.5, 0.6) is 11.5 Å². The van der Waals surface area contributed by atoms with Gasteiger partial charge < -0.3 is 55.7 Å². The Labute approximate surface area is 588 Å². The average molecular weight is 1440 g/mol. The lowest BCUT2D eigenvalue weighted by atomic mass is 9.81. The van der Waals surface area contributed by atoms with Gasteiger partial charge in [0.15, 0.2) is 17.2 Å². The van der Waals surface area contributed by atoms with E-state index < -0.39 is 76.1 Å². The van der Waals surface area contributed by atoms with Crippen molar-refractivity contribution in [2.75, 3.05) is 83.5 Å². The van der Waals surface area contributed by atoms with Gasteiger partial charge in [-0.15, -0.1) is 8.67 Å². The van der Waals surface area contributed by atoms with E-state index in [1.165, 1.54) is 19.2 Å². The van der Waals surface area contributed by atoms with E-state index in [9.17, 15) is 48.5 Å². The van der Waals surface area contributed by atoms with Gasteiger partial charge in [-0.1, -0.05) is 53.9 Å². The van der Waals surface area contributed by atoms with Crippen LogP contribution < -0.4 is 46.3 Å². The number of nitrogens with one attached hydrogen (secondary N) is 6. The minimum Gasteiger partial charge on any atom is -0.493 e. The van der Waals surface area contributed by atoms with Crippen molar-refractivity contribution in [1.29, 1.82) is 0 Å². The Morgan fingerprint density at radius 3 is 2.08 bits per heavy atom. The standard InChI is InChI=1S/C67H91N9O20S3/c1-10-74-51-29-27-45(98-95-93-87)36-48(51)66(5,6)56(74)23-15-13-16-24-57-67(7,8)49-37-46(99-96-94-88)28-30-52(49)75(57)33-20-14-17-25-58(77)68-32-19-18-22-50(65(84)71-40-60(79)70-42-64(83)97-35-31-63(82)91-12-3)73-61(80)41-69-59(78)26-21-34-92-55-39-53(76(85)86)47(38-54(55)89-9)44(4)72-62(81)43-90-11-2/h13,15-16,23-24,27-30,36-39,44,50H,10-12,14,17-22,25-26,31-35,40-43H2,1-9H3,(H7-,68,69,70,71,72,73,77,78,79,80,81,84,87,88)/p+1/t44?,50-/m0/s1. The molecule has 5 rings (SSSR count). The fraction of sp³-hybridized carbons (Fsp3) is 0.507. The minimum absolute atomic E-state index is 0.00861. The Morgan fingerprint density at radius 1 is 0.707 bits per heavy atom. The number of benzene rings is 3. The molecule has 3 aromatic carbocycles. The largest absolute Gasteiger partial charge is 0.493 e. The van der Waals surface area contributed by atoms with E-state index in [-0.39, 0.29) is 105 Å². The number of allylic oxidation sites excluding steroid dienone is 6. The number of amides is 6. The molecule has 0 fully saturated rings. The summed E-state index contributed by atoms with van der Waals surface area (Å²) in [6, 6.07) is 12.5. The summed E-state index contributed by atoms with van der Waals surface area (Å²) in [5, 5.41) is 52.5. The van der Waals surface area contributed by atoms with Crippen LogP contribution >= 0.6 is 35.8 Å². The molecule has 1 unspecified atom stereocenters. The number of nitro groups is 1. The van der Waals surface area contributed by atoms with E-state index in [2.05, 4.69) is 98.2 Å². The third-order valence-electron chi connectivity index (χ3n) is 16.0. The summed E-state index contributed by atoms with van der Waals surface area (Å²) >= 11 is 2.65. The number of nitrogens with zero attached hydrogens (tertiary/aromatic N) is 3. The summed E-state index contributed by atoms with van der Waals surface area (Å²) in [6.07, 6.45) is 13.5. The number of methoxy groups -OCH3 is 1. The van der Waals surface area contributed by atoms with Crippen molar-refractivity contribution >= 4 is 105 Å². The molecule has 29 nitrogen and oxygen atoms in total. The third kappa shape index (κ3) is 25.6. The molecule has 32 heteroatoms. The normalized spacial score (nSPS) is 14.5. The maximum atomic E-state index is 13.5. The van der Waals surface area contributed by atoms with E-state index in [4.69, 9.17) is 38.1 Å². The number of thioether (sulfide) groups is 1. The number of anilines is 1. The van der Waals surface area contributed by atoms with Crippen LogP contribution in [0.4, 0.5) is 17.1 Å². The lowest BCUT2D eigenvalue weighted by Crippen LogP contribution is -2.51. The van der Waals surface area contributed by atoms with Crippen molar-refractivity contribution < 1.29 is 96.1 Å². The molecular weight excluding hydrogens is 1350 g/mol. The average Bonchev–Trinajstić information content (AvgIpc) is 1.61. The molecule has 8 N–H and O–H groups in total. The summed E-state index contributed by atoms with van der Waals surface area (Å²) in [5.41, 5.74) is 5.49. The number of fused-ring (bicyclic) bond motifs is 2. The quantitative estimate of drug-likeness (QED) is 0.00383. The molecule has 2 aliphatic rings. The molecule has 99 heavy (non-hydrogen) atoms. The van der Waals surface area contributed by atoms with E-state index >= 15 is 0 Å². The first-order valence-electron chi connectivity index (χ1n) is 32.5. The van der Waals surface area contributed by atoms with Crippen LogP contribution in [0.2, 0.25) is 0 Å². The monoisotopic (exact) mass is 1440 g/mol. The first kappa shape index (κ1) is 81.8. The molecule has 2 heterocycles. The number of esters is 1. The molecular formula is C67H92N9O20S3+. The lowest BCUT2D eigenvalue weighted by molar-refractivity contribution is -0.438. The highest BCUT2D eigenvalue weighted by atomic mass is 32.2. The van der Waals surface area contributed by atoms with E-state index in [0.717, 1.165) is 98.9 Å². The van der Waals surface area contributed by atoms with Gasteiger partial charge in [0.25, 0.3) is 5.69 Å². The Kier molecular flexibility index (Phi) is 34.9. The first-order chi connectivity index (χ1) is 47.4. The molecule has 0 spiro atoms. The molecule has 0 radical (unpaired) electrons. The Balaban J connectivity index is 1.13. The fourth-order valence-corrected chi connectivity index (χ4v) is 12.6. The van der Waals surface area contributed by atoms with Crippen molar-refractivity contribution in [3.8, 4) is 11.5 Å². The highest BCUT2D eigenvalue weighted by Crippen LogP contribution is 2.49. The number of unbranched alkanes of at least 4 members (excludes halogenated alkanes) is 3. The maximum absolute atomic E-state index is 13.5. The molecule has 0 saturated carbocycles. The van der Waals surface area contributed by atoms with Crippen molar-refractivity contribution in [2.45, 2.75) is 152 Å². The second-order valence-corrected chi connectivity index (χ2v) is 26.4. The van der Waals surface area contributed by atoms with Crippen LogP contribution in [0.3, 0.4) is 0 Å². The zero-order chi connectivity index (χ0) is 72.5. The molecule has 3 aromatic rings. The Bertz CT molecular complexity index is 3420. The number of nitro benzene ring substituents is 1. The summed E-state index contributed by atoms with van der Waals surface area (Å²) in [4.78, 5) is 117. The lowest BCUT2D eigenvalue weighted by Gasteiger charge is -2.25. The van der Waals surface area contributed by atoms with Crippen molar-refractivity contribution in [2.24, 2.45) is 0 Å². The first-order valence-corrected chi connectivity index (χ1v) is 35.0. The number of rotatable bonds is 45. The van der Waals surface area contributed by atoms with Crippen LogP contribution in [0.25, 0.3) is 0 Å². The number of likely N-dealkylation sites (N-methyl/N-ethyl adjacent to an activating group) is 1. The Hall–Kier alpha value is -7.92. The predicted molar refractivity (Wildman–Crippen MR) is 372 cm³/mol. The SMILES string of the molecule is CCOCC(=O)NC(C)c1cc(OC)c(OCCCC(=O)NCC(=O)N[C@@H](CCCCNC(=O)CCCCC[N+]2=C(/C=C/C=C/C=C3/N(CC)c4ccc(SOOO)cc4C3(C)C)C(C)(C)c3cc(SOOO)ccc32)C(=O)NCC(=O)NCC(=O)SCCC(=O)OCC)cc1[N+](=O)[O-]. The van der Waals surface area contributed by atoms with Crippen LogP contribution in [-0.4, -0.2) is 157 Å². The zero-order valence-corrected chi connectivity index (χ0v) is 59.8. The summed E-state index contributed by atoms with van der Waals surface area (Å²) < 4.78 is 32.9. The Morgan fingerprint density at radius 2 is 1.39 bits per heavy atom. The molecule has 0 bridgehead atoms. The topological polar surface area (TPSA) is 372 Å². The van der Waals surface area contributed by atoms with Crippen LogP contribution in [0.1, 0.15) is 142 Å². The van der Waals surface area contributed by atoms with Gasteiger partial charge in [-0.05, 0) is 128 Å². The molecule has 2 aliphatic heterocycles. The van der Waals surface area contributed by atoms with E-state index in [1.807, 2.05) is 54.6 Å². The highest BCUT2D eigenvalue weighted by molar-refractivity contribution is 8.13. The van der Waals surface area contributed by atoms with Crippen LogP contribution in [0, 0.1) is 10.1 Å². The molecule has 2 atom stereocenters. The number of hydrogen-bond acceptors (Lipinski definition) is 24. The van der Waals surface area contributed by atoms with Gasteiger partial charge in [-0.3, -0.25) is 48.5 Å². The number of carbonyl (C=O) groups excluding carboxylic acids is 8. The predicted octanol–water partition coefficient (Wildman–Crippen LogP) is 8.62. The van der Waals surface area contributed by atoms with Crippen molar-refractivity contribution in [3.63, 3.8) is 0 Å². The van der Waals surface area contributed by atoms with Gasteiger partial charge in [0, 0.05) is 89.0 Å². The van der Waals surface area contributed by atoms with Gasteiger partial charge in [0.2, 0.25) is 46.2 Å². The van der Waals surface area contributed by atoms with E-state index in [0.29, 0.717) is 32.4 Å². The van der Waals surface area contributed by atoms with Gasteiger partial charge in [-0.25, -0.2) is 10.5 Å². The molecule has 0 aliphatic carbocycles. The summed E-state index contributed by atoms with van der Waals surface area (Å²) in [7, 11) is 1.34. The van der Waals surface area contributed by atoms with Gasteiger partial charge >= 0.3 is 5.97 Å². The summed E-state index contributed by atoms with van der Waals surface area (Å²) in [6.45, 7) is 16.1. The number of ether oxygens (including phenoxy) is 4. The fourth-order valence-electron chi connectivity index (χ4n) is 11.1. The summed E-state index contributed by atoms with van der Waals surface area (Å²) in [5.74, 6) is -3.44. The van der Waals surface area contributed by atoms with Crippen molar-refractivity contribution in [3.05, 3.63) is 111 Å². The number of carbonyl (C=O) groups is 8. The second kappa shape index (κ2) is 42.2. The number of hydrogen-bond donors (Lipinski definition) is 8. The van der Waals surface area contributed by atoms with Crippen LogP contribution in [-0.2, 0) is 77.4 Å². The van der Waals surface area contributed by atoms with Crippen molar-refractivity contribution in [1.82, 2.24) is 31.9 Å². The van der Waals surface area contributed by atoms with Crippen LogP contribution in [0.15, 0.2) is 94.4 Å². The van der Waals surface area contributed by atoms with E-state index in [1.54, 1.807) is 20.8 Å². The molecule has 6 amide bonds. The highest BCUT2D eigenvalue weighted by Gasteiger charge is 2.45. The van der Waals surface area contributed by atoms with Gasteiger partial charge in [0.05, 0.1) is 98.5 Å². The third-order valence-corrected chi connectivity index (χ3v) is 18.1. The molecule has 0 saturated heterocycles. The minimum atomic E-state index is -1.18. The molecule has 0 aromatic heterocycles. The zero-order valence-electron chi connectivity index (χ0n) is 57.3. The van der Waals surface area contributed by atoms with Gasteiger partial charge in [0.1, 0.15) is 19.2 Å². The molecule has 542 valence electrons. The smallest absolute Gasteiger partial charge is 0.306 e. The second-order valence-electron chi connectivity index (χ2n) is 23.7.